The Bertz CT molecular complexity index is 942. The molecule has 2 radical (unpaired) electrons. The molecule has 0 spiro atoms. The zero-order valence-corrected chi connectivity index (χ0v) is 26.5. The van der Waals surface area contributed by atoms with Crippen LogP contribution in [0.4, 0.5) is 0 Å². The molecule has 0 heterocycles. The average Bonchev–Trinajstić information content (AvgIpc) is 3.37. The third-order valence-corrected chi connectivity index (χ3v) is 5.84. The van der Waals surface area contributed by atoms with Crippen molar-refractivity contribution in [2.24, 2.45) is 0 Å². The fraction of sp³-hybridized carbons (Fsp3) is 0.333. The SMILES string of the molecule is CCCc1cc2c(C)ccc(C)c2[cH-]1.CCCc1cc2c(C)ccc(C)c2[cH-]1.Cl.Cl.[CH3-].[CH3-].[Si]=[Ti]. The van der Waals surface area contributed by atoms with E-state index in [0.29, 0.717) is 0 Å². The van der Waals surface area contributed by atoms with E-state index in [1.54, 1.807) is 19.2 Å². The van der Waals surface area contributed by atoms with Crippen LogP contribution in [0.2, 0.25) is 0 Å². The molecular weight excluding hydrogens is 507 g/mol. The van der Waals surface area contributed by atoms with Crippen molar-refractivity contribution in [2.75, 3.05) is 0 Å². The van der Waals surface area contributed by atoms with Crippen LogP contribution in [-0.4, -0.2) is 7.63 Å². The van der Waals surface area contributed by atoms with Crippen LogP contribution in [0.25, 0.3) is 21.5 Å². The topological polar surface area (TPSA) is 0 Å². The van der Waals surface area contributed by atoms with Gasteiger partial charge in [-0.25, -0.2) is 0 Å². The van der Waals surface area contributed by atoms with Crippen molar-refractivity contribution in [2.45, 2.75) is 67.2 Å². The molecule has 0 saturated heterocycles. The Kier molecular flexibility index (Phi) is 20.5. The Hall–Kier alpha value is -0.829. The number of halogens is 2. The minimum atomic E-state index is 0. The molecule has 0 amide bonds. The first-order chi connectivity index (χ1) is 14.4. The first-order valence-corrected chi connectivity index (χ1v) is 13.8. The van der Waals surface area contributed by atoms with E-state index in [1.807, 2.05) is 0 Å². The van der Waals surface area contributed by atoms with Gasteiger partial charge in [0.2, 0.25) is 0 Å². The summed E-state index contributed by atoms with van der Waals surface area (Å²) in [6.07, 6.45) is 4.87. The molecule has 0 aliphatic carbocycles. The summed E-state index contributed by atoms with van der Waals surface area (Å²) in [5, 5.41) is 5.75. The molecule has 0 nitrogen and oxygen atoms in total. The normalized spacial score (nSPS) is 9.21. The second-order valence-corrected chi connectivity index (χ2v) is 8.28. The molecule has 0 atom stereocenters. The summed E-state index contributed by atoms with van der Waals surface area (Å²) in [7, 11) is 2.97. The van der Waals surface area contributed by atoms with Gasteiger partial charge in [0, 0.05) is 0 Å². The summed E-state index contributed by atoms with van der Waals surface area (Å²) < 4.78 is 0. The first kappa shape index (κ1) is 37.7. The van der Waals surface area contributed by atoms with E-state index >= 15 is 0 Å². The summed E-state index contributed by atoms with van der Waals surface area (Å²) >= 11 is 1.81. The van der Waals surface area contributed by atoms with Crippen molar-refractivity contribution in [3.63, 3.8) is 0 Å². The van der Waals surface area contributed by atoms with Gasteiger partial charge in [-0.3, -0.25) is 0 Å². The first-order valence-electron chi connectivity index (χ1n) is 11.0. The predicted octanol–water partition coefficient (Wildman–Crippen LogP) is 9.62. The molecule has 0 fully saturated rings. The monoisotopic (exact) mass is 548 g/mol. The van der Waals surface area contributed by atoms with Crippen LogP contribution in [-0.2, 0) is 32.0 Å². The zero-order valence-electron chi connectivity index (χ0n) is 22.3. The number of hydrogen-bond donors (Lipinski definition) is 0. The molecule has 34 heavy (non-hydrogen) atoms. The van der Waals surface area contributed by atoms with E-state index in [2.05, 4.69) is 97.7 Å². The molecule has 0 unspecified atom stereocenters. The van der Waals surface area contributed by atoms with Crippen LogP contribution in [0.1, 0.15) is 60.1 Å². The van der Waals surface area contributed by atoms with Crippen molar-refractivity contribution in [1.82, 2.24) is 0 Å². The third kappa shape index (κ3) is 9.32. The average molecular weight is 550 g/mol. The number of benzene rings is 2. The van der Waals surface area contributed by atoms with E-state index in [-0.39, 0.29) is 39.7 Å². The van der Waals surface area contributed by atoms with E-state index in [9.17, 15) is 0 Å². The summed E-state index contributed by atoms with van der Waals surface area (Å²) in [6.45, 7) is 13.2. The van der Waals surface area contributed by atoms with Crippen molar-refractivity contribution in [1.29, 1.82) is 0 Å². The van der Waals surface area contributed by atoms with Gasteiger partial charge in [-0.15, -0.1) is 92.9 Å². The van der Waals surface area contributed by atoms with Crippen LogP contribution < -0.4 is 0 Å². The number of rotatable bonds is 4. The molecular formula is C30H42Cl2SiTi-4. The Morgan fingerprint density at radius 2 is 0.912 bits per heavy atom. The van der Waals surface area contributed by atoms with Crippen molar-refractivity contribution in [3.8, 4) is 0 Å². The Morgan fingerprint density at radius 1 is 0.618 bits per heavy atom. The molecule has 0 aliphatic rings. The van der Waals surface area contributed by atoms with Gasteiger partial charge in [0.05, 0.1) is 0 Å². The van der Waals surface area contributed by atoms with Gasteiger partial charge in [0.25, 0.3) is 0 Å². The van der Waals surface area contributed by atoms with Gasteiger partial charge in [-0.2, -0.15) is 12.1 Å². The Balaban J connectivity index is -0.000000475. The zero-order chi connectivity index (χ0) is 22.3. The maximum atomic E-state index is 2.97. The fourth-order valence-electron chi connectivity index (χ4n) is 4.17. The van der Waals surface area contributed by atoms with Crippen molar-refractivity contribution in [3.05, 3.63) is 96.8 Å². The van der Waals surface area contributed by atoms with Crippen LogP contribution in [0, 0.1) is 42.5 Å². The van der Waals surface area contributed by atoms with Crippen LogP contribution in [0.3, 0.4) is 0 Å². The standard InChI is InChI=1S/2C14H17.2CH3.2ClH.Si.Ti/c2*1-4-5-12-8-13-10(2)6-7-11(3)14(13)9-12;;;;;;/h2*6-9H,4-5H2,1-3H3;2*1H3;2*1H;;/q4*-1;;;;. The van der Waals surface area contributed by atoms with E-state index in [1.165, 1.54) is 80.6 Å². The van der Waals surface area contributed by atoms with Gasteiger partial charge >= 0.3 is 26.8 Å². The van der Waals surface area contributed by atoms with Gasteiger partial charge in [0.1, 0.15) is 0 Å². The summed E-state index contributed by atoms with van der Waals surface area (Å²) in [5.74, 6) is 0. The van der Waals surface area contributed by atoms with E-state index in [4.69, 9.17) is 0 Å². The summed E-state index contributed by atoms with van der Waals surface area (Å²) in [5.41, 5.74) is 8.56. The Labute approximate surface area is 235 Å². The summed E-state index contributed by atoms with van der Waals surface area (Å²) in [4.78, 5) is 0. The quantitative estimate of drug-likeness (QED) is 0.176. The molecule has 4 heteroatoms. The van der Waals surface area contributed by atoms with E-state index < -0.39 is 0 Å². The maximum absolute atomic E-state index is 2.97. The van der Waals surface area contributed by atoms with Gasteiger partial charge in [-0.1, -0.05) is 63.8 Å². The molecule has 0 aromatic heterocycles. The second kappa shape index (κ2) is 18.4. The second-order valence-electron chi connectivity index (χ2n) is 8.28. The number of fused-ring (bicyclic) bond motifs is 2. The molecule has 0 saturated carbocycles. The molecule has 188 valence electrons. The molecule has 0 N–H and O–H groups in total. The van der Waals surface area contributed by atoms with Crippen LogP contribution in [0.5, 0.6) is 0 Å². The van der Waals surface area contributed by atoms with Gasteiger partial charge in [-0.05, 0) is 26.7 Å². The third-order valence-electron chi connectivity index (χ3n) is 5.84. The van der Waals surface area contributed by atoms with Gasteiger partial charge < -0.3 is 14.9 Å². The van der Waals surface area contributed by atoms with Crippen LogP contribution >= 0.6 is 24.8 Å². The minimum absolute atomic E-state index is 0. The van der Waals surface area contributed by atoms with Gasteiger partial charge in [0.15, 0.2) is 0 Å². The molecule has 4 rings (SSSR count). The fourth-order valence-corrected chi connectivity index (χ4v) is 4.17. The number of aryl methyl sites for hydroxylation is 6. The van der Waals surface area contributed by atoms with Crippen LogP contribution in [0.15, 0.2) is 48.5 Å². The predicted molar refractivity (Wildman–Crippen MR) is 159 cm³/mol. The van der Waals surface area contributed by atoms with E-state index in [0.717, 1.165) is 0 Å². The Morgan fingerprint density at radius 3 is 1.18 bits per heavy atom. The summed E-state index contributed by atoms with van der Waals surface area (Å²) in [6, 6.07) is 18.3. The molecule has 4 aromatic rings. The number of hydrogen-bond acceptors (Lipinski definition) is 0. The molecule has 4 aromatic carbocycles. The molecule has 0 bridgehead atoms. The van der Waals surface area contributed by atoms with Crippen molar-refractivity contribution < 1.29 is 19.2 Å². The van der Waals surface area contributed by atoms with Crippen molar-refractivity contribution >= 4 is 54.0 Å². The molecule has 0 aliphatic heterocycles.